The number of hydrogen-bond donors (Lipinski definition) is 1. The summed E-state index contributed by atoms with van der Waals surface area (Å²) in [6.45, 7) is 0. The molecule has 0 aliphatic carbocycles. The maximum atomic E-state index is 14.8. The van der Waals surface area contributed by atoms with Gasteiger partial charge in [-0.2, -0.15) is 0 Å². The lowest BCUT2D eigenvalue weighted by Crippen LogP contribution is -2.26. The van der Waals surface area contributed by atoms with Gasteiger partial charge in [-0.1, -0.05) is 18.2 Å². The minimum atomic E-state index is -1.23. The standard InChI is InChI=1S/C24H17F2N5O/c1-32-21-10-16(7-8-30-21)24(18-3-2-4-20(26)22(18)23(27)31-24)15-5-6-19(25)17(9-15)14-11-28-13-29-12-14/h2-13H,1H3,(H2,27,31). The van der Waals surface area contributed by atoms with Crippen LogP contribution in [0.15, 0.2) is 78.4 Å². The summed E-state index contributed by atoms with van der Waals surface area (Å²) in [6, 6.07) is 12.8. The number of halogens is 2. The molecule has 0 saturated heterocycles. The number of benzene rings is 2. The molecule has 0 fully saturated rings. The van der Waals surface area contributed by atoms with E-state index in [1.807, 2.05) is 0 Å². The van der Waals surface area contributed by atoms with Crippen LogP contribution in [0.2, 0.25) is 0 Å². The lowest BCUT2D eigenvalue weighted by atomic mass is 9.77. The van der Waals surface area contributed by atoms with Crippen molar-refractivity contribution in [2.45, 2.75) is 5.54 Å². The Hall–Kier alpha value is -4.20. The van der Waals surface area contributed by atoms with Crippen LogP contribution in [0.5, 0.6) is 5.88 Å². The van der Waals surface area contributed by atoms with E-state index < -0.39 is 17.2 Å². The largest absolute Gasteiger partial charge is 0.481 e. The van der Waals surface area contributed by atoms with E-state index in [9.17, 15) is 8.78 Å². The minimum Gasteiger partial charge on any atom is -0.481 e. The fraction of sp³-hybridized carbons (Fsp3) is 0.0833. The summed E-state index contributed by atoms with van der Waals surface area (Å²) in [6.07, 6.45) is 6.00. The summed E-state index contributed by atoms with van der Waals surface area (Å²) >= 11 is 0. The Morgan fingerprint density at radius 3 is 2.50 bits per heavy atom. The van der Waals surface area contributed by atoms with E-state index in [1.54, 1.807) is 42.6 Å². The summed E-state index contributed by atoms with van der Waals surface area (Å²) < 4.78 is 34.9. The zero-order valence-electron chi connectivity index (χ0n) is 17.0. The van der Waals surface area contributed by atoms with E-state index in [1.165, 1.54) is 38.0 Å². The van der Waals surface area contributed by atoms with Gasteiger partial charge in [0.05, 0.1) is 12.7 Å². The molecule has 1 unspecified atom stereocenters. The van der Waals surface area contributed by atoms with Gasteiger partial charge in [0.2, 0.25) is 5.88 Å². The van der Waals surface area contributed by atoms with Crippen LogP contribution in [-0.4, -0.2) is 27.9 Å². The molecule has 158 valence electrons. The number of ether oxygens (including phenoxy) is 1. The first-order chi connectivity index (χ1) is 15.5. The molecule has 5 rings (SSSR count). The molecule has 2 aromatic heterocycles. The highest BCUT2D eigenvalue weighted by atomic mass is 19.1. The van der Waals surface area contributed by atoms with E-state index >= 15 is 0 Å². The number of hydrogen-bond acceptors (Lipinski definition) is 6. The van der Waals surface area contributed by atoms with Crippen molar-refractivity contribution in [2.24, 2.45) is 10.7 Å². The van der Waals surface area contributed by atoms with Crippen molar-refractivity contribution >= 4 is 5.84 Å². The zero-order chi connectivity index (χ0) is 22.3. The first kappa shape index (κ1) is 19.7. The highest BCUT2D eigenvalue weighted by Gasteiger charge is 2.44. The average molecular weight is 429 g/mol. The molecule has 1 aliphatic heterocycles. The number of nitrogens with two attached hydrogens (primary N) is 1. The third-order valence-corrected chi connectivity index (χ3v) is 5.57. The lowest BCUT2D eigenvalue weighted by molar-refractivity contribution is 0.396. The third-order valence-electron chi connectivity index (χ3n) is 5.57. The quantitative estimate of drug-likeness (QED) is 0.533. The minimum absolute atomic E-state index is 0.0581. The summed E-state index contributed by atoms with van der Waals surface area (Å²) in [5.74, 6) is -0.507. The highest BCUT2D eigenvalue weighted by molar-refractivity contribution is 6.03. The molecule has 0 saturated carbocycles. The number of fused-ring (bicyclic) bond motifs is 1. The molecular weight excluding hydrogens is 412 g/mol. The molecule has 8 heteroatoms. The zero-order valence-corrected chi connectivity index (χ0v) is 17.0. The van der Waals surface area contributed by atoms with Gasteiger partial charge in [0.1, 0.15) is 29.3 Å². The molecule has 1 aliphatic rings. The van der Waals surface area contributed by atoms with Gasteiger partial charge in [0.25, 0.3) is 0 Å². The molecule has 1 atom stereocenters. The fourth-order valence-corrected chi connectivity index (χ4v) is 4.15. The van der Waals surface area contributed by atoms with Gasteiger partial charge >= 0.3 is 0 Å². The van der Waals surface area contributed by atoms with E-state index in [4.69, 9.17) is 15.5 Å². The van der Waals surface area contributed by atoms with E-state index in [0.717, 1.165) is 0 Å². The Morgan fingerprint density at radius 2 is 1.72 bits per heavy atom. The third kappa shape index (κ3) is 2.91. The monoisotopic (exact) mass is 429 g/mol. The molecule has 2 aromatic carbocycles. The van der Waals surface area contributed by atoms with Crippen molar-refractivity contribution in [1.29, 1.82) is 0 Å². The number of methoxy groups -OCH3 is 1. The first-order valence-corrected chi connectivity index (χ1v) is 9.75. The number of pyridine rings is 1. The Bertz CT molecular complexity index is 1360. The Kier molecular flexibility index (Phi) is 4.62. The topological polar surface area (TPSA) is 86.3 Å². The highest BCUT2D eigenvalue weighted by Crippen LogP contribution is 2.47. The second-order valence-corrected chi connectivity index (χ2v) is 7.28. The molecule has 6 nitrogen and oxygen atoms in total. The van der Waals surface area contributed by atoms with Crippen molar-refractivity contribution < 1.29 is 13.5 Å². The van der Waals surface area contributed by atoms with Gasteiger partial charge in [-0.05, 0) is 35.4 Å². The Balaban J connectivity index is 1.84. The molecule has 32 heavy (non-hydrogen) atoms. The van der Waals surface area contributed by atoms with Gasteiger partial charge < -0.3 is 10.5 Å². The molecule has 0 spiro atoms. The van der Waals surface area contributed by atoms with E-state index in [2.05, 4.69) is 15.0 Å². The van der Waals surface area contributed by atoms with E-state index in [-0.39, 0.29) is 11.4 Å². The van der Waals surface area contributed by atoms with Crippen molar-refractivity contribution in [1.82, 2.24) is 15.0 Å². The second kappa shape index (κ2) is 7.49. The van der Waals surface area contributed by atoms with Crippen LogP contribution < -0.4 is 10.5 Å². The first-order valence-electron chi connectivity index (χ1n) is 9.75. The number of aliphatic imine (C=N–C) groups is 1. The fourth-order valence-electron chi connectivity index (χ4n) is 4.15. The van der Waals surface area contributed by atoms with Crippen molar-refractivity contribution in [3.05, 3.63) is 107 Å². The molecular formula is C24H17F2N5O. The maximum Gasteiger partial charge on any atom is 0.213 e. The number of rotatable bonds is 4. The molecule has 0 bridgehead atoms. The molecule has 3 heterocycles. The van der Waals surface area contributed by atoms with Gasteiger partial charge in [0, 0.05) is 41.3 Å². The van der Waals surface area contributed by atoms with Gasteiger partial charge in [0.15, 0.2) is 0 Å². The SMILES string of the molecule is COc1cc(C2(c3ccc(F)c(-c4cncnc4)c3)N=C(N)c3c(F)cccc32)ccn1. The van der Waals surface area contributed by atoms with Crippen LogP contribution >= 0.6 is 0 Å². The van der Waals surface area contributed by atoms with Crippen molar-refractivity contribution in [3.63, 3.8) is 0 Å². The van der Waals surface area contributed by atoms with Crippen LogP contribution in [0.1, 0.15) is 22.3 Å². The van der Waals surface area contributed by atoms with Crippen LogP contribution in [0.25, 0.3) is 11.1 Å². The maximum absolute atomic E-state index is 14.8. The van der Waals surface area contributed by atoms with Crippen LogP contribution in [0.3, 0.4) is 0 Å². The normalized spacial score (nSPS) is 17.0. The summed E-state index contributed by atoms with van der Waals surface area (Å²) in [5, 5.41) is 0. The van der Waals surface area contributed by atoms with Crippen LogP contribution in [0.4, 0.5) is 8.78 Å². The summed E-state index contributed by atoms with van der Waals surface area (Å²) in [7, 11) is 1.50. The van der Waals surface area contributed by atoms with Crippen molar-refractivity contribution in [2.75, 3.05) is 7.11 Å². The second-order valence-electron chi connectivity index (χ2n) is 7.28. The summed E-state index contributed by atoms with van der Waals surface area (Å²) in [5.41, 5.74) is 7.80. The molecule has 0 radical (unpaired) electrons. The van der Waals surface area contributed by atoms with Crippen LogP contribution in [0, 0.1) is 11.6 Å². The summed E-state index contributed by atoms with van der Waals surface area (Å²) in [4.78, 5) is 16.9. The molecule has 2 N–H and O–H groups in total. The smallest absolute Gasteiger partial charge is 0.213 e. The molecule has 0 amide bonds. The Labute approximate surface area is 182 Å². The van der Waals surface area contributed by atoms with Crippen LogP contribution in [-0.2, 0) is 5.54 Å². The van der Waals surface area contributed by atoms with E-state index in [0.29, 0.717) is 33.7 Å². The lowest BCUT2D eigenvalue weighted by Gasteiger charge is -2.29. The Morgan fingerprint density at radius 1 is 0.938 bits per heavy atom. The van der Waals surface area contributed by atoms with Gasteiger partial charge in [-0.15, -0.1) is 0 Å². The predicted octanol–water partition coefficient (Wildman–Crippen LogP) is 3.84. The number of nitrogens with zero attached hydrogens (tertiary/aromatic N) is 4. The number of aromatic nitrogens is 3. The van der Waals surface area contributed by atoms with Crippen molar-refractivity contribution in [3.8, 4) is 17.0 Å². The average Bonchev–Trinajstić information content (AvgIpc) is 3.14. The predicted molar refractivity (Wildman–Crippen MR) is 115 cm³/mol. The number of amidine groups is 1. The van der Waals surface area contributed by atoms with Gasteiger partial charge in [-0.25, -0.2) is 28.7 Å². The van der Waals surface area contributed by atoms with Gasteiger partial charge in [-0.3, -0.25) is 0 Å². The molecule has 4 aromatic rings.